The zero-order valence-electron chi connectivity index (χ0n) is 12.8. The van der Waals surface area contributed by atoms with Crippen molar-refractivity contribution in [1.82, 2.24) is 10.2 Å². The third kappa shape index (κ3) is 5.21. The second kappa shape index (κ2) is 7.90. The molecule has 0 aliphatic rings. The zero-order valence-corrected chi connectivity index (χ0v) is 12.8. The number of rotatable bonds is 6. The lowest BCUT2D eigenvalue weighted by Crippen LogP contribution is -2.42. The van der Waals surface area contributed by atoms with E-state index in [0.29, 0.717) is 13.0 Å². The molecule has 1 aromatic carbocycles. The highest BCUT2D eigenvalue weighted by Crippen LogP contribution is 2.20. The molecule has 0 aromatic heterocycles. The predicted molar refractivity (Wildman–Crippen MR) is 81.8 cm³/mol. The number of carbonyl (C=O) groups is 1. The van der Waals surface area contributed by atoms with Crippen molar-refractivity contribution in [2.45, 2.75) is 45.3 Å². The monoisotopic (exact) mass is 278 g/mol. The van der Waals surface area contributed by atoms with Crippen LogP contribution in [0.5, 0.6) is 0 Å². The number of amides is 2. The molecule has 2 N–H and O–H groups in total. The Morgan fingerprint density at radius 1 is 1.25 bits per heavy atom. The summed E-state index contributed by atoms with van der Waals surface area (Å²) < 4.78 is 0. The molecule has 1 rings (SSSR count). The van der Waals surface area contributed by atoms with Crippen molar-refractivity contribution in [2.75, 3.05) is 13.6 Å². The molecule has 0 fully saturated rings. The van der Waals surface area contributed by atoms with E-state index in [9.17, 15) is 9.90 Å². The number of benzene rings is 1. The standard InChI is InChI=1S/C16H26N2O2/c1-12(2)18(4)16(20)17-11-15(10-13(3)19)14-8-6-5-7-9-14/h5-9,12-13,15,19H,10-11H2,1-4H3,(H,17,20). The highest BCUT2D eigenvalue weighted by atomic mass is 16.3. The maximum Gasteiger partial charge on any atom is 0.317 e. The highest BCUT2D eigenvalue weighted by Gasteiger charge is 2.17. The molecule has 20 heavy (non-hydrogen) atoms. The third-order valence-corrected chi connectivity index (χ3v) is 3.49. The topological polar surface area (TPSA) is 52.6 Å². The van der Waals surface area contributed by atoms with Crippen LogP contribution in [-0.4, -0.2) is 41.8 Å². The van der Waals surface area contributed by atoms with Crippen LogP contribution in [0.2, 0.25) is 0 Å². The van der Waals surface area contributed by atoms with Crippen LogP contribution in [0.1, 0.15) is 38.7 Å². The maximum absolute atomic E-state index is 12.0. The second-order valence-corrected chi connectivity index (χ2v) is 5.58. The van der Waals surface area contributed by atoms with E-state index < -0.39 is 0 Å². The number of aliphatic hydroxyl groups excluding tert-OH is 1. The summed E-state index contributed by atoms with van der Waals surface area (Å²) >= 11 is 0. The summed E-state index contributed by atoms with van der Waals surface area (Å²) in [5.74, 6) is 0.126. The largest absolute Gasteiger partial charge is 0.393 e. The van der Waals surface area contributed by atoms with E-state index in [1.54, 1.807) is 18.9 Å². The van der Waals surface area contributed by atoms with Gasteiger partial charge in [0.2, 0.25) is 0 Å². The second-order valence-electron chi connectivity index (χ2n) is 5.58. The third-order valence-electron chi connectivity index (χ3n) is 3.49. The Morgan fingerprint density at radius 3 is 2.35 bits per heavy atom. The molecule has 0 radical (unpaired) electrons. The summed E-state index contributed by atoms with van der Waals surface area (Å²) in [5, 5.41) is 12.6. The molecular weight excluding hydrogens is 252 g/mol. The fraction of sp³-hybridized carbons (Fsp3) is 0.562. The van der Waals surface area contributed by atoms with Gasteiger partial charge in [-0.15, -0.1) is 0 Å². The normalized spacial score (nSPS) is 13.9. The van der Waals surface area contributed by atoms with Crippen molar-refractivity contribution in [3.8, 4) is 0 Å². The number of urea groups is 1. The van der Waals surface area contributed by atoms with Gasteiger partial charge >= 0.3 is 6.03 Å². The molecule has 112 valence electrons. The van der Waals surface area contributed by atoms with Crippen LogP contribution in [0, 0.1) is 0 Å². The van der Waals surface area contributed by atoms with Crippen molar-refractivity contribution in [3.05, 3.63) is 35.9 Å². The molecule has 0 saturated carbocycles. The van der Waals surface area contributed by atoms with Gasteiger partial charge < -0.3 is 15.3 Å². The Hall–Kier alpha value is -1.55. The van der Waals surface area contributed by atoms with Crippen LogP contribution in [0.25, 0.3) is 0 Å². The smallest absolute Gasteiger partial charge is 0.317 e. The molecule has 0 aliphatic heterocycles. The predicted octanol–water partition coefficient (Wildman–Crippen LogP) is 2.59. The Bertz CT molecular complexity index is 404. The zero-order chi connectivity index (χ0) is 15.1. The van der Waals surface area contributed by atoms with Crippen molar-refractivity contribution in [1.29, 1.82) is 0 Å². The van der Waals surface area contributed by atoms with Crippen molar-refractivity contribution in [2.24, 2.45) is 0 Å². The lowest BCUT2D eigenvalue weighted by Gasteiger charge is -2.25. The lowest BCUT2D eigenvalue weighted by atomic mass is 9.93. The average molecular weight is 278 g/mol. The van der Waals surface area contributed by atoms with E-state index in [1.165, 1.54) is 0 Å². The molecule has 4 nitrogen and oxygen atoms in total. The quantitative estimate of drug-likeness (QED) is 0.840. The van der Waals surface area contributed by atoms with Gasteiger partial charge in [-0.3, -0.25) is 0 Å². The van der Waals surface area contributed by atoms with Gasteiger partial charge in [-0.1, -0.05) is 30.3 Å². The summed E-state index contributed by atoms with van der Waals surface area (Å²) in [6.07, 6.45) is 0.246. The van der Waals surface area contributed by atoms with Gasteiger partial charge in [0.05, 0.1) is 6.10 Å². The summed E-state index contributed by atoms with van der Waals surface area (Å²) in [4.78, 5) is 13.6. The molecule has 4 heteroatoms. The van der Waals surface area contributed by atoms with Gasteiger partial charge in [0.15, 0.2) is 0 Å². The van der Waals surface area contributed by atoms with E-state index in [-0.39, 0.29) is 24.1 Å². The van der Waals surface area contributed by atoms with E-state index in [4.69, 9.17) is 0 Å². The van der Waals surface area contributed by atoms with Gasteiger partial charge in [0.25, 0.3) is 0 Å². The molecule has 2 unspecified atom stereocenters. The van der Waals surface area contributed by atoms with Crippen LogP contribution in [0.15, 0.2) is 30.3 Å². The van der Waals surface area contributed by atoms with E-state index >= 15 is 0 Å². The first-order valence-corrected chi connectivity index (χ1v) is 7.15. The van der Waals surface area contributed by atoms with Gasteiger partial charge in [-0.2, -0.15) is 0 Å². The highest BCUT2D eigenvalue weighted by molar-refractivity contribution is 5.74. The van der Waals surface area contributed by atoms with Gasteiger partial charge in [0, 0.05) is 25.6 Å². The van der Waals surface area contributed by atoms with Crippen LogP contribution in [-0.2, 0) is 0 Å². The summed E-state index contributed by atoms with van der Waals surface area (Å²) in [5.41, 5.74) is 1.14. The summed E-state index contributed by atoms with van der Waals surface area (Å²) in [6.45, 7) is 6.26. The van der Waals surface area contributed by atoms with Crippen molar-refractivity contribution < 1.29 is 9.90 Å². The first-order valence-electron chi connectivity index (χ1n) is 7.15. The molecule has 2 amide bonds. The molecule has 0 spiro atoms. The molecular formula is C16H26N2O2. The number of nitrogens with zero attached hydrogens (tertiary/aromatic N) is 1. The minimum absolute atomic E-state index is 0.0773. The minimum atomic E-state index is -0.389. The Labute approximate surface area is 121 Å². The summed E-state index contributed by atoms with van der Waals surface area (Å²) in [6, 6.07) is 10.1. The average Bonchev–Trinajstić information content (AvgIpc) is 2.42. The van der Waals surface area contributed by atoms with Crippen LogP contribution in [0.3, 0.4) is 0 Å². The maximum atomic E-state index is 12.0. The number of hydrogen-bond acceptors (Lipinski definition) is 2. The van der Waals surface area contributed by atoms with Gasteiger partial charge in [0.1, 0.15) is 0 Å². The SMILES string of the molecule is CC(O)CC(CNC(=O)N(C)C(C)C)c1ccccc1. The fourth-order valence-corrected chi connectivity index (χ4v) is 2.04. The Morgan fingerprint density at radius 2 is 1.85 bits per heavy atom. The van der Waals surface area contributed by atoms with E-state index in [2.05, 4.69) is 5.32 Å². The van der Waals surface area contributed by atoms with Crippen molar-refractivity contribution in [3.63, 3.8) is 0 Å². The molecule has 1 aromatic rings. The molecule has 2 atom stereocenters. The summed E-state index contributed by atoms with van der Waals surface area (Å²) in [7, 11) is 1.78. The van der Waals surface area contributed by atoms with Crippen LogP contribution < -0.4 is 5.32 Å². The van der Waals surface area contributed by atoms with Gasteiger partial charge in [-0.05, 0) is 32.8 Å². The van der Waals surface area contributed by atoms with Crippen LogP contribution >= 0.6 is 0 Å². The number of nitrogens with one attached hydrogen (secondary N) is 1. The van der Waals surface area contributed by atoms with E-state index in [1.807, 2.05) is 44.2 Å². The first kappa shape index (κ1) is 16.5. The molecule has 0 aliphatic carbocycles. The number of aliphatic hydroxyl groups is 1. The minimum Gasteiger partial charge on any atom is -0.393 e. The van der Waals surface area contributed by atoms with E-state index in [0.717, 1.165) is 5.56 Å². The number of hydrogen-bond donors (Lipinski definition) is 2. The van der Waals surface area contributed by atoms with Gasteiger partial charge in [-0.25, -0.2) is 4.79 Å². The fourth-order valence-electron chi connectivity index (χ4n) is 2.04. The van der Waals surface area contributed by atoms with Crippen molar-refractivity contribution >= 4 is 6.03 Å². The first-order chi connectivity index (χ1) is 9.41. The number of carbonyl (C=O) groups excluding carboxylic acids is 1. The Balaban J connectivity index is 2.65. The Kier molecular flexibility index (Phi) is 6.52. The van der Waals surface area contributed by atoms with Crippen LogP contribution in [0.4, 0.5) is 4.79 Å². The molecule has 0 saturated heterocycles. The lowest BCUT2D eigenvalue weighted by molar-refractivity contribution is 0.170. The molecule has 0 bridgehead atoms. The molecule has 0 heterocycles.